The molecule has 0 fully saturated rings. The number of hydrogen-bond acceptors (Lipinski definition) is 2. The molecule has 0 bridgehead atoms. The third kappa shape index (κ3) is 3.54. The van der Waals surface area contributed by atoms with Crippen molar-refractivity contribution in [1.29, 1.82) is 0 Å². The zero-order valence-electron chi connectivity index (χ0n) is 8.95. The number of nitrogens with one attached hydrogen (secondary N) is 1. The fraction of sp³-hybridized carbons (Fsp3) is 0. The van der Waals surface area contributed by atoms with Crippen LogP contribution in [0.2, 0.25) is 5.15 Å². The van der Waals surface area contributed by atoms with Crippen LogP contribution in [0.1, 0.15) is 10.4 Å². The van der Waals surface area contributed by atoms with E-state index in [-0.39, 0.29) is 5.91 Å². The van der Waals surface area contributed by atoms with Gasteiger partial charge in [0.15, 0.2) is 0 Å². The third-order valence-corrected chi connectivity index (χ3v) is 3.23. The van der Waals surface area contributed by atoms with Crippen LogP contribution in [0.5, 0.6) is 0 Å². The normalized spacial score (nSPS) is 10.2. The molecule has 1 heterocycles. The number of nitrogens with zero attached hydrogens (tertiary/aromatic N) is 1. The van der Waals surface area contributed by atoms with Gasteiger partial charge >= 0.3 is 0 Å². The van der Waals surface area contributed by atoms with Gasteiger partial charge < -0.3 is 5.32 Å². The molecule has 0 spiro atoms. The molecule has 1 aromatic heterocycles. The summed E-state index contributed by atoms with van der Waals surface area (Å²) in [5.41, 5.74) is 1.15. The number of amides is 1. The minimum atomic E-state index is -0.209. The second-order valence-corrected chi connectivity index (χ2v) is 5.70. The predicted molar refractivity (Wildman–Crippen MR) is 79.0 cm³/mol. The van der Waals surface area contributed by atoms with Crippen LogP contribution in [0.4, 0.5) is 5.69 Å². The van der Waals surface area contributed by atoms with Gasteiger partial charge in [-0.1, -0.05) is 43.5 Å². The van der Waals surface area contributed by atoms with Crippen LogP contribution in [0.15, 0.2) is 45.5 Å². The van der Waals surface area contributed by atoms with Crippen LogP contribution in [-0.2, 0) is 0 Å². The van der Waals surface area contributed by atoms with E-state index in [2.05, 4.69) is 42.2 Å². The number of aromatic nitrogens is 1. The summed E-state index contributed by atoms with van der Waals surface area (Å²) in [5, 5.41) is 3.08. The third-order valence-electron chi connectivity index (χ3n) is 2.11. The Labute approximate surface area is 126 Å². The summed E-state index contributed by atoms with van der Waals surface area (Å²) < 4.78 is 1.66. The molecule has 6 heteroatoms. The minimum Gasteiger partial charge on any atom is -0.322 e. The van der Waals surface area contributed by atoms with Crippen molar-refractivity contribution in [2.24, 2.45) is 0 Å². The lowest BCUT2D eigenvalue weighted by atomic mass is 10.2. The average Bonchev–Trinajstić information content (AvgIpc) is 2.27. The highest BCUT2D eigenvalue weighted by atomic mass is 79.9. The lowest BCUT2D eigenvalue weighted by molar-refractivity contribution is 0.102. The van der Waals surface area contributed by atoms with E-state index >= 15 is 0 Å². The molecule has 0 radical (unpaired) electrons. The second-order valence-electron chi connectivity index (χ2n) is 3.48. The molecule has 2 rings (SSSR count). The number of anilines is 1. The molecule has 0 saturated carbocycles. The van der Waals surface area contributed by atoms with Crippen molar-refractivity contribution in [3.8, 4) is 0 Å². The standard InChI is InChI=1S/C12H7Br2ClN2O/c13-8-3-7(4-9(14)5-8)12(18)17-10-1-2-16-11(15)6-10/h1-6H,(H,16,17,18). The highest BCUT2D eigenvalue weighted by molar-refractivity contribution is 9.11. The number of hydrogen-bond donors (Lipinski definition) is 1. The first kappa shape index (κ1) is 13.5. The molecule has 1 amide bonds. The molecular weight excluding hydrogens is 383 g/mol. The van der Waals surface area contributed by atoms with Crippen molar-refractivity contribution in [3.63, 3.8) is 0 Å². The molecule has 3 nitrogen and oxygen atoms in total. The van der Waals surface area contributed by atoms with Crippen molar-refractivity contribution in [2.75, 3.05) is 5.32 Å². The zero-order chi connectivity index (χ0) is 13.1. The van der Waals surface area contributed by atoms with Crippen LogP contribution in [0.3, 0.4) is 0 Å². The van der Waals surface area contributed by atoms with Crippen LogP contribution >= 0.6 is 43.5 Å². The van der Waals surface area contributed by atoms with Gasteiger partial charge in [-0.05, 0) is 30.3 Å². The predicted octanol–water partition coefficient (Wildman–Crippen LogP) is 4.51. The molecular formula is C12H7Br2ClN2O. The maximum Gasteiger partial charge on any atom is 0.255 e. The van der Waals surface area contributed by atoms with Crippen molar-refractivity contribution in [1.82, 2.24) is 4.98 Å². The lowest BCUT2D eigenvalue weighted by Crippen LogP contribution is -2.11. The SMILES string of the molecule is O=C(Nc1ccnc(Cl)c1)c1cc(Br)cc(Br)c1. The van der Waals surface area contributed by atoms with E-state index in [1.165, 1.54) is 6.20 Å². The maximum absolute atomic E-state index is 12.0. The molecule has 0 aliphatic heterocycles. The fourth-order valence-electron chi connectivity index (χ4n) is 1.37. The first-order valence-electron chi connectivity index (χ1n) is 4.93. The Hall–Kier alpha value is -0.910. The fourth-order valence-corrected chi connectivity index (χ4v) is 2.84. The number of rotatable bonds is 2. The smallest absolute Gasteiger partial charge is 0.255 e. The number of carbonyl (C=O) groups is 1. The number of carbonyl (C=O) groups excluding carboxylic acids is 1. The monoisotopic (exact) mass is 388 g/mol. The Bertz CT molecular complexity index is 584. The van der Waals surface area contributed by atoms with E-state index in [9.17, 15) is 4.79 Å². The highest BCUT2D eigenvalue weighted by Crippen LogP contribution is 2.21. The Morgan fingerprint density at radius 2 is 1.83 bits per heavy atom. The highest BCUT2D eigenvalue weighted by Gasteiger charge is 2.08. The van der Waals surface area contributed by atoms with E-state index in [0.717, 1.165) is 8.95 Å². The lowest BCUT2D eigenvalue weighted by Gasteiger charge is -2.06. The van der Waals surface area contributed by atoms with Gasteiger partial charge in [-0.15, -0.1) is 0 Å². The van der Waals surface area contributed by atoms with Gasteiger partial charge in [-0.3, -0.25) is 4.79 Å². The second kappa shape index (κ2) is 5.82. The first-order chi connectivity index (χ1) is 8.54. The van der Waals surface area contributed by atoms with Crippen molar-refractivity contribution in [3.05, 3.63) is 56.2 Å². The molecule has 18 heavy (non-hydrogen) atoms. The Morgan fingerprint density at radius 3 is 2.44 bits per heavy atom. The number of benzene rings is 1. The molecule has 0 aliphatic carbocycles. The average molecular weight is 390 g/mol. The zero-order valence-corrected chi connectivity index (χ0v) is 12.9. The molecule has 0 aliphatic rings. The molecule has 92 valence electrons. The van der Waals surface area contributed by atoms with Gasteiger partial charge in [0.1, 0.15) is 5.15 Å². The van der Waals surface area contributed by atoms with Gasteiger partial charge in [-0.2, -0.15) is 0 Å². The van der Waals surface area contributed by atoms with Gasteiger partial charge in [0.05, 0.1) is 0 Å². The summed E-state index contributed by atoms with van der Waals surface area (Å²) in [6.07, 6.45) is 1.54. The van der Waals surface area contributed by atoms with Crippen molar-refractivity contribution >= 4 is 55.1 Å². The Morgan fingerprint density at radius 1 is 1.17 bits per heavy atom. The van der Waals surface area contributed by atoms with Crippen LogP contribution in [0, 0.1) is 0 Å². The van der Waals surface area contributed by atoms with Gasteiger partial charge in [0.25, 0.3) is 5.91 Å². The number of pyridine rings is 1. The summed E-state index contributed by atoms with van der Waals surface area (Å²) in [6.45, 7) is 0. The quantitative estimate of drug-likeness (QED) is 0.767. The first-order valence-corrected chi connectivity index (χ1v) is 6.90. The summed E-state index contributed by atoms with van der Waals surface area (Å²) in [6, 6.07) is 8.61. The largest absolute Gasteiger partial charge is 0.322 e. The van der Waals surface area contributed by atoms with Crippen LogP contribution < -0.4 is 5.32 Å². The molecule has 0 unspecified atom stereocenters. The summed E-state index contributed by atoms with van der Waals surface area (Å²) in [5.74, 6) is -0.209. The molecule has 2 aromatic rings. The van der Waals surface area contributed by atoms with Gasteiger partial charge in [-0.25, -0.2) is 4.98 Å². The van der Waals surface area contributed by atoms with Crippen molar-refractivity contribution < 1.29 is 4.79 Å². The minimum absolute atomic E-state index is 0.209. The van der Waals surface area contributed by atoms with E-state index in [1.807, 2.05) is 6.07 Å². The summed E-state index contributed by atoms with van der Waals surface area (Å²) in [4.78, 5) is 15.9. The maximum atomic E-state index is 12.0. The van der Waals surface area contributed by atoms with Crippen LogP contribution in [-0.4, -0.2) is 10.9 Å². The number of halogens is 3. The molecule has 0 atom stereocenters. The van der Waals surface area contributed by atoms with Crippen molar-refractivity contribution in [2.45, 2.75) is 0 Å². The molecule has 1 aromatic carbocycles. The van der Waals surface area contributed by atoms with Crippen LogP contribution in [0.25, 0.3) is 0 Å². The topological polar surface area (TPSA) is 42.0 Å². The van der Waals surface area contributed by atoms with Gasteiger partial charge in [0, 0.05) is 26.4 Å². The summed E-state index contributed by atoms with van der Waals surface area (Å²) in [7, 11) is 0. The van der Waals surface area contributed by atoms with Gasteiger partial charge in [0.2, 0.25) is 0 Å². The molecule has 1 N–H and O–H groups in total. The van der Waals surface area contributed by atoms with E-state index in [0.29, 0.717) is 16.4 Å². The summed E-state index contributed by atoms with van der Waals surface area (Å²) >= 11 is 12.4. The Kier molecular flexibility index (Phi) is 4.37. The molecule has 0 saturated heterocycles. The van der Waals surface area contributed by atoms with E-state index in [4.69, 9.17) is 11.6 Å². The van der Waals surface area contributed by atoms with E-state index in [1.54, 1.807) is 24.3 Å². The Balaban J connectivity index is 2.22. The van der Waals surface area contributed by atoms with E-state index < -0.39 is 0 Å².